The van der Waals surface area contributed by atoms with Gasteiger partial charge in [0.2, 0.25) is 5.91 Å². The van der Waals surface area contributed by atoms with Crippen LogP contribution in [0.1, 0.15) is 28.8 Å². The number of carbonyl (C=O) groups is 2. The first-order valence-electron chi connectivity index (χ1n) is 8.39. The summed E-state index contributed by atoms with van der Waals surface area (Å²) in [6, 6.07) is 11.0. The molecule has 0 bridgehead atoms. The number of fused-ring (bicyclic) bond motifs is 1. The summed E-state index contributed by atoms with van der Waals surface area (Å²) in [5, 5.41) is 2.91. The lowest BCUT2D eigenvalue weighted by atomic mass is 10.1. The van der Waals surface area contributed by atoms with Crippen molar-refractivity contribution in [3.63, 3.8) is 0 Å². The van der Waals surface area contributed by atoms with Gasteiger partial charge in [-0.25, -0.2) is 4.39 Å². The highest BCUT2D eigenvalue weighted by molar-refractivity contribution is 7.86. The van der Waals surface area contributed by atoms with E-state index in [2.05, 4.69) is 5.32 Å². The van der Waals surface area contributed by atoms with E-state index < -0.39 is 10.8 Å². The number of halogens is 1. The predicted molar refractivity (Wildman–Crippen MR) is 95.8 cm³/mol. The van der Waals surface area contributed by atoms with Gasteiger partial charge < -0.3 is 10.2 Å². The molecule has 2 amide bonds. The Labute approximate surface area is 152 Å². The summed E-state index contributed by atoms with van der Waals surface area (Å²) in [7, 11) is -1.43. The molecule has 2 aromatic rings. The highest BCUT2D eigenvalue weighted by atomic mass is 32.2. The first-order chi connectivity index (χ1) is 12.5. The number of nitrogens with one attached hydrogen (secondary N) is 1. The molecule has 5 nitrogen and oxygen atoms in total. The highest BCUT2D eigenvalue weighted by Crippen LogP contribution is 2.32. The zero-order valence-corrected chi connectivity index (χ0v) is 14.7. The number of benzene rings is 2. The fourth-order valence-corrected chi connectivity index (χ4v) is 4.06. The van der Waals surface area contributed by atoms with Crippen molar-refractivity contribution in [2.75, 3.05) is 10.7 Å². The lowest BCUT2D eigenvalue weighted by Crippen LogP contribution is -2.38. The monoisotopic (exact) mass is 372 g/mol. The van der Waals surface area contributed by atoms with E-state index in [0.717, 1.165) is 18.4 Å². The Morgan fingerprint density at radius 2 is 1.92 bits per heavy atom. The summed E-state index contributed by atoms with van der Waals surface area (Å²) in [6.07, 6.45) is 1.96. The topological polar surface area (TPSA) is 66.5 Å². The summed E-state index contributed by atoms with van der Waals surface area (Å²) in [4.78, 5) is 26.8. The highest BCUT2D eigenvalue weighted by Gasteiger charge is 2.31. The van der Waals surface area contributed by atoms with Crippen LogP contribution in [-0.2, 0) is 22.1 Å². The van der Waals surface area contributed by atoms with Crippen molar-refractivity contribution in [2.45, 2.75) is 30.3 Å². The Bertz CT molecular complexity index is 910. The van der Waals surface area contributed by atoms with Crippen molar-refractivity contribution < 1.29 is 18.2 Å². The first kappa shape index (κ1) is 16.9. The Morgan fingerprint density at radius 1 is 1.19 bits per heavy atom. The van der Waals surface area contributed by atoms with Gasteiger partial charge in [-0.05, 0) is 48.7 Å². The zero-order valence-electron chi connectivity index (χ0n) is 13.9. The van der Waals surface area contributed by atoms with Gasteiger partial charge in [0.25, 0.3) is 5.91 Å². The molecule has 4 rings (SSSR count). The van der Waals surface area contributed by atoms with Crippen molar-refractivity contribution in [1.29, 1.82) is 0 Å². The van der Waals surface area contributed by atoms with Gasteiger partial charge in [0.15, 0.2) is 0 Å². The maximum atomic E-state index is 13.1. The number of amides is 2. The van der Waals surface area contributed by atoms with Crippen molar-refractivity contribution >= 4 is 28.3 Å². The normalized spacial score (nSPS) is 19.2. The SMILES string of the molecule is O=C(NC1CC1)c1ccc2c(c1)N(Cc1ccc(F)cc1)C(=O)C[S@]2=O. The number of hydrogen-bond acceptors (Lipinski definition) is 3. The molecular weight excluding hydrogens is 355 g/mol. The van der Waals surface area contributed by atoms with Gasteiger partial charge >= 0.3 is 0 Å². The molecule has 0 aromatic heterocycles. The molecule has 134 valence electrons. The number of carbonyl (C=O) groups excluding carboxylic acids is 2. The smallest absolute Gasteiger partial charge is 0.251 e. The minimum atomic E-state index is -1.43. The number of rotatable bonds is 4. The van der Waals surface area contributed by atoms with Crippen molar-refractivity contribution in [3.8, 4) is 0 Å². The van der Waals surface area contributed by atoms with E-state index in [1.54, 1.807) is 30.3 Å². The lowest BCUT2D eigenvalue weighted by molar-refractivity contribution is -0.116. The summed E-state index contributed by atoms with van der Waals surface area (Å²) in [5.41, 5.74) is 1.67. The van der Waals surface area contributed by atoms with E-state index in [9.17, 15) is 18.2 Å². The molecule has 26 heavy (non-hydrogen) atoms. The second-order valence-electron chi connectivity index (χ2n) is 6.53. The van der Waals surface area contributed by atoms with Crippen LogP contribution in [0.15, 0.2) is 47.4 Å². The van der Waals surface area contributed by atoms with E-state index in [1.807, 2.05) is 0 Å². The van der Waals surface area contributed by atoms with Crippen LogP contribution in [0, 0.1) is 5.82 Å². The van der Waals surface area contributed by atoms with Gasteiger partial charge in [-0.2, -0.15) is 0 Å². The maximum absolute atomic E-state index is 13.1. The standard InChI is InChI=1S/C19H17FN2O3S/c20-14-4-1-12(2-5-14)10-22-16-9-13(19(24)21-15-6-7-15)3-8-17(16)26(25)11-18(22)23/h1-5,8-9,15H,6-7,10-11H2,(H,21,24)/t26-/m1/s1. The quantitative estimate of drug-likeness (QED) is 0.896. The molecule has 0 saturated heterocycles. The fraction of sp³-hybridized carbons (Fsp3) is 0.263. The zero-order chi connectivity index (χ0) is 18.3. The molecule has 7 heteroatoms. The van der Waals surface area contributed by atoms with Crippen LogP contribution in [0.4, 0.5) is 10.1 Å². The van der Waals surface area contributed by atoms with E-state index in [1.165, 1.54) is 17.0 Å². The van der Waals surface area contributed by atoms with Gasteiger partial charge in [-0.1, -0.05) is 12.1 Å². The van der Waals surface area contributed by atoms with E-state index in [0.29, 0.717) is 16.1 Å². The van der Waals surface area contributed by atoms with Gasteiger partial charge in [-0.3, -0.25) is 13.8 Å². The van der Waals surface area contributed by atoms with E-state index in [4.69, 9.17) is 0 Å². The Morgan fingerprint density at radius 3 is 2.62 bits per heavy atom. The van der Waals surface area contributed by atoms with Crippen LogP contribution in [0.5, 0.6) is 0 Å². The molecule has 1 fully saturated rings. The van der Waals surface area contributed by atoms with Crippen molar-refractivity contribution in [1.82, 2.24) is 5.32 Å². The molecule has 1 N–H and O–H groups in total. The third kappa shape index (κ3) is 3.39. The van der Waals surface area contributed by atoms with Crippen LogP contribution in [0.3, 0.4) is 0 Å². The summed E-state index contributed by atoms with van der Waals surface area (Å²) < 4.78 is 25.4. The predicted octanol–water partition coefficient (Wildman–Crippen LogP) is 2.37. The summed E-state index contributed by atoms with van der Waals surface area (Å²) in [6.45, 7) is 0.233. The molecule has 1 heterocycles. The summed E-state index contributed by atoms with van der Waals surface area (Å²) >= 11 is 0. The van der Waals surface area contributed by atoms with Crippen LogP contribution >= 0.6 is 0 Å². The third-order valence-corrected chi connectivity index (χ3v) is 5.82. The first-order valence-corrected chi connectivity index (χ1v) is 9.71. The minimum absolute atomic E-state index is 0.0954. The fourth-order valence-electron chi connectivity index (χ4n) is 2.91. The van der Waals surface area contributed by atoms with Crippen LogP contribution in [0.2, 0.25) is 0 Å². The summed E-state index contributed by atoms with van der Waals surface area (Å²) in [5.74, 6) is -0.915. The molecule has 1 aliphatic heterocycles. The molecule has 1 aliphatic carbocycles. The second-order valence-corrected chi connectivity index (χ2v) is 7.95. The molecule has 2 aliphatic rings. The Balaban J connectivity index is 1.67. The number of nitrogens with zero attached hydrogens (tertiary/aromatic N) is 1. The molecule has 0 unspecified atom stereocenters. The molecule has 1 saturated carbocycles. The minimum Gasteiger partial charge on any atom is -0.349 e. The van der Waals surface area contributed by atoms with E-state index in [-0.39, 0.29) is 36.0 Å². The molecular formula is C19H17FN2O3S. The van der Waals surface area contributed by atoms with Crippen LogP contribution < -0.4 is 10.2 Å². The van der Waals surface area contributed by atoms with Gasteiger partial charge in [0.05, 0.1) is 27.9 Å². The Kier molecular flexibility index (Phi) is 4.32. The molecule has 2 aromatic carbocycles. The largest absolute Gasteiger partial charge is 0.349 e. The van der Waals surface area contributed by atoms with Gasteiger partial charge in [-0.15, -0.1) is 0 Å². The number of anilines is 1. The second kappa shape index (κ2) is 6.64. The molecule has 0 spiro atoms. The average Bonchev–Trinajstić information content (AvgIpc) is 3.43. The van der Waals surface area contributed by atoms with Crippen LogP contribution in [0.25, 0.3) is 0 Å². The van der Waals surface area contributed by atoms with Crippen molar-refractivity contribution in [2.24, 2.45) is 0 Å². The maximum Gasteiger partial charge on any atom is 0.251 e. The van der Waals surface area contributed by atoms with Crippen LogP contribution in [-0.4, -0.2) is 27.8 Å². The molecule has 0 radical (unpaired) electrons. The van der Waals surface area contributed by atoms with Gasteiger partial charge in [0, 0.05) is 11.6 Å². The Hall–Kier alpha value is -2.54. The molecule has 1 atom stereocenters. The van der Waals surface area contributed by atoms with E-state index >= 15 is 0 Å². The van der Waals surface area contributed by atoms with Crippen molar-refractivity contribution in [3.05, 3.63) is 59.4 Å². The van der Waals surface area contributed by atoms with Gasteiger partial charge in [0.1, 0.15) is 11.6 Å². The lowest BCUT2D eigenvalue weighted by Gasteiger charge is -2.29. The number of hydrogen-bond donors (Lipinski definition) is 1. The third-order valence-electron chi connectivity index (χ3n) is 4.48. The average molecular weight is 372 g/mol.